The third kappa shape index (κ3) is 4.36. The SMILES string of the molecule is CCSCC(O)Cc1cc(OC)ccc1Br. The van der Waals surface area contributed by atoms with Crippen LogP contribution in [-0.2, 0) is 6.42 Å². The van der Waals surface area contributed by atoms with Crippen molar-refractivity contribution in [2.24, 2.45) is 0 Å². The number of aliphatic hydroxyl groups is 1. The molecule has 1 rings (SSSR count). The summed E-state index contributed by atoms with van der Waals surface area (Å²) < 4.78 is 6.19. The Labute approximate surface area is 110 Å². The highest BCUT2D eigenvalue weighted by molar-refractivity contribution is 9.10. The van der Waals surface area contributed by atoms with E-state index in [1.165, 1.54) is 0 Å². The number of benzene rings is 1. The lowest BCUT2D eigenvalue weighted by molar-refractivity contribution is 0.200. The number of halogens is 1. The van der Waals surface area contributed by atoms with E-state index < -0.39 is 0 Å². The van der Waals surface area contributed by atoms with Gasteiger partial charge in [-0.3, -0.25) is 0 Å². The molecule has 0 saturated heterocycles. The summed E-state index contributed by atoms with van der Waals surface area (Å²) >= 11 is 5.24. The molecule has 1 atom stereocenters. The standard InChI is InChI=1S/C12H17BrO2S/c1-3-16-8-10(14)6-9-7-11(15-2)4-5-12(9)13/h4-5,7,10,14H,3,6,8H2,1-2H3. The van der Waals surface area contributed by atoms with Crippen molar-refractivity contribution in [1.82, 2.24) is 0 Å². The highest BCUT2D eigenvalue weighted by atomic mass is 79.9. The van der Waals surface area contributed by atoms with Crippen LogP contribution in [0.25, 0.3) is 0 Å². The second kappa shape index (κ2) is 7.20. The predicted molar refractivity (Wildman–Crippen MR) is 73.4 cm³/mol. The van der Waals surface area contributed by atoms with Gasteiger partial charge in [0, 0.05) is 16.6 Å². The maximum Gasteiger partial charge on any atom is 0.119 e. The van der Waals surface area contributed by atoms with Crippen LogP contribution in [0.2, 0.25) is 0 Å². The molecule has 1 aromatic rings. The Kier molecular flexibility index (Phi) is 6.24. The Bertz CT molecular complexity index is 331. The Morgan fingerprint density at radius 2 is 2.25 bits per heavy atom. The summed E-state index contributed by atoms with van der Waals surface area (Å²) in [5.74, 6) is 2.64. The van der Waals surface area contributed by atoms with Gasteiger partial charge >= 0.3 is 0 Å². The molecule has 1 N–H and O–H groups in total. The van der Waals surface area contributed by atoms with Crippen LogP contribution in [-0.4, -0.2) is 29.8 Å². The number of hydrogen-bond acceptors (Lipinski definition) is 3. The summed E-state index contributed by atoms with van der Waals surface area (Å²) in [6.45, 7) is 2.10. The monoisotopic (exact) mass is 304 g/mol. The minimum atomic E-state index is -0.298. The van der Waals surface area contributed by atoms with Crippen LogP contribution in [0.15, 0.2) is 22.7 Å². The van der Waals surface area contributed by atoms with Crippen LogP contribution in [0.3, 0.4) is 0 Å². The molecule has 0 aliphatic heterocycles. The molecule has 0 saturated carbocycles. The third-order valence-electron chi connectivity index (χ3n) is 2.22. The van der Waals surface area contributed by atoms with E-state index in [-0.39, 0.29) is 6.10 Å². The average Bonchev–Trinajstić information content (AvgIpc) is 2.29. The topological polar surface area (TPSA) is 29.5 Å². The first kappa shape index (κ1) is 13.9. The lowest BCUT2D eigenvalue weighted by Crippen LogP contribution is -2.14. The zero-order valence-electron chi connectivity index (χ0n) is 9.57. The van der Waals surface area contributed by atoms with Crippen LogP contribution in [0.4, 0.5) is 0 Å². The first-order chi connectivity index (χ1) is 7.67. The molecule has 16 heavy (non-hydrogen) atoms. The van der Waals surface area contributed by atoms with Gasteiger partial charge < -0.3 is 9.84 Å². The van der Waals surface area contributed by atoms with Gasteiger partial charge in [-0.15, -0.1) is 0 Å². The van der Waals surface area contributed by atoms with E-state index in [0.717, 1.165) is 27.3 Å². The Morgan fingerprint density at radius 3 is 2.88 bits per heavy atom. The maximum atomic E-state index is 9.84. The average molecular weight is 305 g/mol. The van der Waals surface area contributed by atoms with Crippen molar-refractivity contribution in [3.63, 3.8) is 0 Å². The number of rotatable bonds is 6. The van der Waals surface area contributed by atoms with Gasteiger partial charge in [-0.1, -0.05) is 22.9 Å². The van der Waals surface area contributed by atoms with E-state index in [4.69, 9.17) is 4.74 Å². The van der Waals surface area contributed by atoms with Crippen LogP contribution < -0.4 is 4.74 Å². The number of hydrogen-bond donors (Lipinski definition) is 1. The van der Waals surface area contributed by atoms with E-state index in [9.17, 15) is 5.11 Å². The van der Waals surface area contributed by atoms with Crippen LogP contribution >= 0.6 is 27.7 Å². The molecule has 0 radical (unpaired) electrons. The van der Waals surface area contributed by atoms with Gasteiger partial charge in [-0.05, 0) is 29.5 Å². The highest BCUT2D eigenvalue weighted by Gasteiger charge is 2.09. The third-order valence-corrected chi connectivity index (χ3v) is 4.03. The largest absolute Gasteiger partial charge is 0.497 e. The highest BCUT2D eigenvalue weighted by Crippen LogP contribution is 2.24. The van der Waals surface area contributed by atoms with Gasteiger partial charge in [0.25, 0.3) is 0 Å². The Balaban J connectivity index is 2.64. The zero-order chi connectivity index (χ0) is 12.0. The van der Waals surface area contributed by atoms with Gasteiger partial charge in [0.1, 0.15) is 5.75 Å². The van der Waals surface area contributed by atoms with Crippen molar-refractivity contribution in [3.05, 3.63) is 28.2 Å². The summed E-state index contributed by atoms with van der Waals surface area (Å²) in [5.41, 5.74) is 1.09. The first-order valence-corrected chi connectivity index (χ1v) is 7.20. The molecule has 1 aromatic carbocycles. The van der Waals surface area contributed by atoms with Gasteiger partial charge in [-0.2, -0.15) is 11.8 Å². The molecular weight excluding hydrogens is 288 g/mol. The van der Waals surface area contributed by atoms with E-state index in [1.807, 2.05) is 18.2 Å². The van der Waals surface area contributed by atoms with Crippen molar-refractivity contribution in [2.45, 2.75) is 19.4 Å². The van der Waals surface area contributed by atoms with Crippen molar-refractivity contribution < 1.29 is 9.84 Å². The van der Waals surface area contributed by atoms with Gasteiger partial charge in [0.15, 0.2) is 0 Å². The van der Waals surface area contributed by atoms with Crippen LogP contribution in [0.5, 0.6) is 5.75 Å². The molecule has 0 fully saturated rings. The summed E-state index contributed by atoms with van der Waals surface area (Å²) in [4.78, 5) is 0. The number of methoxy groups -OCH3 is 1. The normalized spacial score (nSPS) is 12.5. The maximum absolute atomic E-state index is 9.84. The Morgan fingerprint density at radius 1 is 1.50 bits per heavy atom. The van der Waals surface area contributed by atoms with Crippen molar-refractivity contribution >= 4 is 27.7 Å². The van der Waals surface area contributed by atoms with Crippen LogP contribution in [0.1, 0.15) is 12.5 Å². The van der Waals surface area contributed by atoms with E-state index in [1.54, 1.807) is 18.9 Å². The number of ether oxygens (including phenoxy) is 1. The summed E-state index contributed by atoms with van der Waals surface area (Å²) in [5, 5.41) is 9.84. The molecule has 90 valence electrons. The molecule has 2 nitrogen and oxygen atoms in total. The molecule has 0 spiro atoms. The molecule has 0 heterocycles. The predicted octanol–water partition coefficient (Wildman–Crippen LogP) is 3.11. The molecule has 0 aliphatic rings. The molecule has 0 aromatic heterocycles. The lowest BCUT2D eigenvalue weighted by Gasteiger charge is -2.12. The van der Waals surface area contributed by atoms with Crippen molar-refractivity contribution in [3.8, 4) is 5.75 Å². The zero-order valence-corrected chi connectivity index (χ0v) is 12.0. The van der Waals surface area contributed by atoms with E-state index in [0.29, 0.717) is 6.42 Å². The van der Waals surface area contributed by atoms with Gasteiger partial charge in [0.05, 0.1) is 13.2 Å². The number of aliphatic hydroxyl groups excluding tert-OH is 1. The second-order valence-corrected chi connectivity index (χ2v) is 5.65. The minimum Gasteiger partial charge on any atom is -0.497 e. The first-order valence-electron chi connectivity index (χ1n) is 5.25. The molecule has 0 aliphatic carbocycles. The van der Waals surface area contributed by atoms with Gasteiger partial charge in [0.2, 0.25) is 0 Å². The van der Waals surface area contributed by atoms with Crippen molar-refractivity contribution in [2.75, 3.05) is 18.6 Å². The molecule has 0 amide bonds. The molecular formula is C12H17BrO2S. The minimum absolute atomic E-state index is 0.298. The number of thioether (sulfide) groups is 1. The quantitative estimate of drug-likeness (QED) is 0.875. The molecule has 0 bridgehead atoms. The molecule has 4 heteroatoms. The van der Waals surface area contributed by atoms with E-state index in [2.05, 4.69) is 22.9 Å². The van der Waals surface area contributed by atoms with Gasteiger partial charge in [-0.25, -0.2) is 0 Å². The second-order valence-electron chi connectivity index (χ2n) is 3.47. The van der Waals surface area contributed by atoms with Crippen LogP contribution in [0, 0.1) is 0 Å². The van der Waals surface area contributed by atoms with E-state index >= 15 is 0 Å². The Hall–Kier alpha value is -0.190. The summed E-state index contributed by atoms with van der Waals surface area (Å²) in [6.07, 6.45) is 0.360. The fourth-order valence-electron chi connectivity index (χ4n) is 1.40. The fraction of sp³-hybridized carbons (Fsp3) is 0.500. The lowest BCUT2D eigenvalue weighted by atomic mass is 10.1. The summed E-state index contributed by atoms with van der Waals surface area (Å²) in [7, 11) is 1.65. The summed E-state index contributed by atoms with van der Waals surface area (Å²) in [6, 6.07) is 5.82. The fourth-order valence-corrected chi connectivity index (χ4v) is 2.44. The smallest absolute Gasteiger partial charge is 0.119 e. The molecule has 1 unspecified atom stereocenters. The van der Waals surface area contributed by atoms with Crippen molar-refractivity contribution in [1.29, 1.82) is 0 Å².